The number of carbonyl (C=O) groups is 1. The zero-order valence-corrected chi connectivity index (χ0v) is 18.4. The van der Waals surface area contributed by atoms with Crippen LogP contribution in [0.5, 0.6) is 0 Å². The zero-order chi connectivity index (χ0) is 22.9. The van der Waals surface area contributed by atoms with Gasteiger partial charge in [-0.3, -0.25) is 14.6 Å². The first-order valence-electron chi connectivity index (χ1n) is 10.5. The fourth-order valence-corrected chi connectivity index (χ4v) is 4.95. The first-order chi connectivity index (χ1) is 16.0. The van der Waals surface area contributed by atoms with Gasteiger partial charge in [-0.2, -0.15) is 5.10 Å². The summed E-state index contributed by atoms with van der Waals surface area (Å²) >= 11 is 1.07. The number of nitrogen functional groups attached to an aromatic ring is 2. The van der Waals surface area contributed by atoms with Crippen molar-refractivity contribution in [2.24, 2.45) is 11.0 Å². The third kappa shape index (κ3) is 4.07. The fraction of sp³-hybridized carbons (Fsp3) is 0.273. The summed E-state index contributed by atoms with van der Waals surface area (Å²) in [6.07, 6.45) is 7.93. The molecule has 1 fully saturated rings. The van der Waals surface area contributed by atoms with Crippen molar-refractivity contribution in [3.63, 3.8) is 0 Å². The van der Waals surface area contributed by atoms with E-state index < -0.39 is 5.56 Å². The number of amides is 1. The van der Waals surface area contributed by atoms with Gasteiger partial charge < -0.3 is 20.3 Å². The van der Waals surface area contributed by atoms with Crippen molar-refractivity contribution in [3.05, 3.63) is 64.2 Å². The summed E-state index contributed by atoms with van der Waals surface area (Å²) in [6.45, 7) is 0. The predicted molar refractivity (Wildman–Crippen MR) is 124 cm³/mol. The number of nitrogens with one attached hydrogen (secondary N) is 1. The molecule has 10 nitrogen and oxygen atoms in total. The molecule has 1 aliphatic carbocycles. The maximum atomic E-state index is 13.3. The number of carbonyl (C=O) groups excluding carboxylic acids is 1. The van der Waals surface area contributed by atoms with Crippen LogP contribution in [0.2, 0.25) is 0 Å². The first-order valence-corrected chi connectivity index (χ1v) is 11.5. The van der Waals surface area contributed by atoms with Crippen LogP contribution >= 0.6 is 11.8 Å². The average molecular weight is 467 g/mol. The van der Waals surface area contributed by atoms with Gasteiger partial charge in [-0.1, -0.05) is 11.8 Å². The van der Waals surface area contributed by atoms with Crippen LogP contribution in [0.4, 0.5) is 11.5 Å². The molecule has 3 aromatic heterocycles. The van der Waals surface area contributed by atoms with E-state index in [2.05, 4.69) is 9.97 Å². The number of fused-ring (bicyclic) bond motifs is 1. The SMILES string of the molecule is Nc1nc(SCC(=O)N2N=C3C(=Cc4ccco4)CCCC3C2c2ccco2)[nH]c(=O)c1N. The molecule has 3 aromatic rings. The van der Waals surface area contributed by atoms with E-state index >= 15 is 0 Å². The van der Waals surface area contributed by atoms with Gasteiger partial charge in [0.15, 0.2) is 11.0 Å². The molecule has 2 aliphatic rings. The summed E-state index contributed by atoms with van der Waals surface area (Å²) in [6, 6.07) is 7.05. The van der Waals surface area contributed by atoms with E-state index in [4.69, 9.17) is 25.4 Å². The van der Waals surface area contributed by atoms with Crippen molar-refractivity contribution in [1.29, 1.82) is 0 Å². The molecule has 11 heteroatoms. The zero-order valence-electron chi connectivity index (χ0n) is 17.6. The Morgan fingerprint density at radius 3 is 2.82 bits per heavy atom. The van der Waals surface area contributed by atoms with Crippen LogP contribution in [-0.4, -0.2) is 32.3 Å². The van der Waals surface area contributed by atoms with E-state index in [1.807, 2.05) is 24.3 Å². The lowest BCUT2D eigenvalue weighted by Crippen LogP contribution is -2.32. The van der Waals surface area contributed by atoms with Crippen LogP contribution in [0.1, 0.15) is 36.8 Å². The molecule has 0 saturated heterocycles. The molecule has 1 saturated carbocycles. The second kappa shape index (κ2) is 8.66. The Labute approximate surface area is 192 Å². The molecule has 0 bridgehead atoms. The molecule has 5 N–H and O–H groups in total. The van der Waals surface area contributed by atoms with Crippen LogP contribution in [0, 0.1) is 5.92 Å². The summed E-state index contributed by atoms with van der Waals surface area (Å²) < 4.78 is 11.2. The predicted octanol–water partition coefficient (Wildman–Crippen LogP) is 3.04. The van der Waals surface area contributed by atoms with Crippen molar-refractivity contribution < 1.29 is 13.6 Å². The minimum absolute atomic E-state index is 0.00420. The summed E-state index contributed by atoms with van der Waals surface area (Å²) in [5, 5.41) is 6.46. The summed E-state index contributed by atoms with van der Waals surface area (Å²) in [5.74, 6) is 1.15. The lowest BCUT2D eigenvalue weighted by molar-refractivity contribution is -0.131. The number of hydrazone groups is 1. The van der Waals surface area contributed by atoms with Crippen LogP contribution in [0.15, 0.2) is 66.3 Å². The number of aromatic amines is 1. The van der Waals surface area contributed by atoms with Crippen molar-refractivity contribution in [2.75, 3.05) is 17.2 Å². The van der Waals surface area contributed by atoms with E-state index in [0.717, 1.165) is 48.1 Å². The second-order valence-corrected chi connectivity index (χ2v) is 8.79. The quantitative estimate of drug-likeness (QED) is 0.382. The van der Waals surface area contributed by atoms with Crippen LogP contribution in [-0.2, 0) is 4.79 Å². The molecule has 0 aromatic carbocycles. The standard InChI is InChI=1S/C22H22N6O4S/c23-17-20(24)25-22(26-21(17)30)33-11-16(29)28-19(15-7-3-9-32-15)14-6-1-4-12(18(14)27-28)10-13-5-2-8-31-13/h2-3,5,7-10,14,19H,1,4,6,11,23H2,(H3,24,25,26,30). The van der Waals surface area contributed by atoms with Gasteiger partial charge in [-0.15, -0.1) is 0 Å². The lowest BCUT2D eigenvalue weighted by Gasteiger charge is -2.27. The van der Waals surface area contributed by atoms with Gasteiger partial charge in [0.1, 0.15) is 23.2 Å². The van der Waals surface area contributed by atoms with Gasteiger partial charge in [0, 0.05) is 5.92 Å². The Hall–Kier alpha value is -3.73. The Morgan fingerprint density at radius 1 is 1.27 bits per heavy atom. The normalized spacial score (nSPS) is 21.3. The number of thioether (sulfide) groups is 1. The third-order valence-corrected chi connectivity index (χ3v) is 6.60. The smallest absolute Gasteiger partial charge is 0.276 e. The molecule has 1 amide bonds. The van der Waals surface area contributed by atoms with Gasteiger partial charge in [0.25, 0.3) is 11.5 Å². The molecular formula is C22H22N6O4S. The molecule has 33 heavy (non-hydrogen) atoms. The van der Waals surface area contributed by atoms with Crippen molar-refractivity contribution in [3.8, 4) is 0 Å². The molecule has 0 spiro atoms. The van der Waals surface area contributed by atoms with E-state index in [9.17, 15) is 9.59 Å². The molecule has 2 atom stereocenters. The molecular weight excluding hydrogens is 444 g/mol. The summed E-state index contributed by atoms with van der Waals surface area (Å²) in [5.41, 5.74) is 12.5. The van der Waals surface area contributed by atoms with Crippen molar-refractivity contribution >= 4 is 41.0 Å². The average Bonchev–Trinajstić information content (AvgIpc) is 3.56. The fourth-order valence-electron chi connectivity index (χ4n) is 4.23. The van der Waals surface area contributed by atoms with Gasteiger partial charge in [-0.25, -0.2) is 9.99 Å². The summed E-state index contributed by atoms with van der Waals surface area (Å²) in [7, 11) is 0. The second-order valence-electron chi connectivity index (χ2n) is 7.83. The monoisotopic (exact) mass is 466 g/mol. The van der Waals surface area contributed by atoms with Gasteiger partial charge in [-0.05, 0) is 55.2 Å². The van der Waals surface area contributed by atoms with E-state index in [1.165, 1.54) is 5.01 Å². The van der Waals surface area contributed by atoms with Crippen molar-refractivity contribution in [1.82, 2.24) is 15.0 Å². The Bertz CT molecular complexity index is 1280. The molecule has 1 aliphatic heterocycles. The van der Waals surface area contributed by atoms with E-state index in [1.54, 1.807) is 18.6 Å². The van der Waals surface area contributed by atoms with E-state index in [-0.39, 0.29) is 40.3 Å². The number of furan rings is 2. The number of aromatic nitrogens is 2. The third-order valence-electron chi connectivity index (χ3n) is 5.75. The van der Waals surface area contributed by atoms with Gasteiger partial charge >= 0.3 is 0 Å². The van der Waals surface area contributed by atoms with Crippen LogP contribution < -0.4 is 17.0 Å². The highest BCUT2D eigenvalue weighted by molar-refractivity contribution is 7.99. The minimum atomic E-state index is -0.536. The lowest BCUT2D eigenvalue weighted by atomic mass is 9.79. The largest absolute Gasteiger partial charge is 0.467 e. The van der Waals surface area contributed by atoms with E-state index in [0.29, 0.717) is 5.76 Å². The number of hydrogen-bond donors (Lipinski definition) is 3. The highest BCUT2D eigenvalue weighted by Gasteiger charge is 2.45. The van der Waals surface area contributed by atoms with Gasteiger partial charge in [0.05, 0.1) is 24.0 Å². The maximum Gasteiger partial charge on any atom is 0.276 e. The Kier molecular flexibility index (Phi) is 5.55. The highest BCUT2D eigenvalue weighted by atomic mass is 32.2. The number of rotatable bonds is 5. The number of hydrogen-bond acceptors (Lipinski definition) is 9. The number of nitrogens with two attached hydrogens (primary N) is 2. The van der Waals surface area contributed by atoms with Crippen LogP contribution in [0.25, 0.3) is 6.08 Å². The van der Waals surface area contributed by atoms with Crippen LogP contribution in [0.3, 0.4) is 0 Å². The number of nitrogens with zero attached hydrogens (tertiary/aromatic N) is 3. The highest BCUT2D eigenvalue weighted by Crippen LogP contribution is 2.44. The summed E-state index contributed by atoms with van der Waals surface area (Å²) in [4.78, 5) is 31.7. The topological polar surface area (TPSA) is 157 Å². The number of allylic oxidation sites excluding steroid dienone is 1. The first kappa shape index (κ1) is 21.1. The number of H-pyrrole nitrogens is 1. The maximum absolute atomic E-state index is 13.3. The van der Waals surface area contributed by atoms with Gasteiger partial charge in [0.2, 0.25) is 0 Å². The molecule has 5 rings (SSSR count). The molecule has 4 heterocycles. The molecule has 0 radical (unpaired) electrons. The number of anilines is 2. The Balaban J connectivity index is 1.43. The molecule has 2 unspecified atom stereocenters. The minimum Gasteiger partial charge on any atom is -0.467 e. The Morgan fingerprint density at radius 2 is 2.09 bits per heavy atom. The van der Waals surface area contributed by atoms with Crippen molar-refractivity contribution in [2.45, 2.75) is 30.5 Å². The molecule has 170 valence electrons.